The molecule has 3 aromatic rings. The molecule has 1 fully saturated rings. The van der Waals surface area contributed by atoms with Gasteiger partial charge in [0.2, 0.25) is 0 Å². The van der Waals surface area contributed by atoms with Crippen LogP contribution in [0.3, 0.4) is 0 Å². The maximum atomic E-state index is 13.0. The average molecular weight is 408 g/mol. The monoisotopic (exact) mass is 408 g/mol. The summed E-state index contributed by atoms with van der Waals surface area (Å²) in [4.78, 5) is 21.9. The number of hydrogen-bond acceptors (Lipinski definition) is 4. The van der Waals surface area contributed by atoms with Gasteiger partial charge in [-0.25, -0.2) is 4.98 Å². The van der Waals surface area contributed by atoms with E-state index in [4.69, 9.17) is 0 Å². The number of halogens is 3. The molecule has 3 heterocycles. The third-order valence-corrected chi connectivity index (χ3v) is 5.93. The maximum Gasteiger partial charge on any atom is 0.416 e. The minimum absolute atomic E-state index is 0.0800. The van der Waals surface area contributed by atoms with E-state index in [-0.39, 0.29) is 5.91 Å². The predicted octanol–water partition coefficient (Wildman–Crippen LogP) is 3.86. The number of alkyl halides is 3. The molecule has 1 aliphatic rings. The Morgan fingerprint density at radius 1 is 1.32 bits per heavy atom. The number of aromatic nitrogens is 2. The molecule has 148 valence electrons. The number of likely N-dealkylation sites (tertiary alicyclic amines) is 1. The third-order valence-electron chi connectivity index (χ3n) is 5.09. The Hall–Kier alpha value is -2.39. The first-order valence-electron chi connectivity index (χ1n) is 8.84. The molecule has 1 atom stereocenters. The Kier molecular flexibility index (Phi) is 4.67. The Balaban J connectivity index is 1.64. The molecule has 1 aromatic carbocycles. The van der Waals surface area contributed by atoms with Gasteiger partial charge in [-0.2, -0.15) is 13.2 Å². The Labute approximate surface area is 164 Å². The minimum Gasteiger partial charge on any atom is -0.336 e. The molecule has 28 heavy (non-hydrogen) atoms. The normalized spacial score (nSPS) is 17.8. The highest BCUT2D eigenvalue weighted by molar-refractivity contribution is 7.15. The average Bonchev–Trinajstić information content (AvgIpc) is 3.35. The van der Waals surface area contributed by atoms with Crippen molar-refractivity contribution in [3.8, 4) is 11.3 Å². The lowest BCUT2D eigenvalue weighted by Gasteiger charge is -2.20. The van der Waals surface area contributed by atoms with Crippen LogP contribution in [0.25, 0.3) is 16.2 Å². The van der Waals surface area contributed by atoms with Gasteiger partial charge in [0, 0.05) is 36.3 Å². The van der Waals surface area contributed by atoms with Gasteiger partial charge in [0.15, 0.2) is 4.96 Å². The number of carbonyl (C=O) groups excluding carboxylic acids is 1. The van der Waals surface area contributed by atoms with Crippen molar-refractivity contribution in [3.05, 3.63) is 47.1 Å². The van der Waals surface area contributed by atoms with Crippen LogP contribution in [0.4, 0.5) is 13.2 Å². The number of benzene rings is 1. The van der Waals surface area contributed by atoms with Crippen molar-refractivity contribution in [1.29, 1.82) is 0 Å². The molecule has 0 aliphatic carbocycles. The fourth-order valence-electron chi connectivity index (χ4n) is 3.44. The van der Waals surface area contributed by atoms with Gasteiger partial charge in [-0.15, -0.1) is 11.3 Å². The molecule has 9 heteroatoms. The van der Waals surface area contributed by atoms with Crippen LogP contribution in [-0.2, 0) is 6.18 Å². The molecule has 4 rings (SSSR count). The molecule has 0 bridgehead atoms. The van der Waals surface area contributed by atoms with Crippen molar-refractivity contribution in [2.24, 2.45) is 0 Å². The van der Waals surface area contributed by atoms with Gasteiger partial charge in [0.05, 0.1) is 11.3 Å². The summed E-state index contributed by atoms with van der Waals surface area (Å²) < 4.78 is 40.6. The van der Waals surface area contributed by atoms with Gasteiger partial charge in [-0.05, 0) is 32.6 Å². The molecule has 0 saturated carbocycles. The molecule has 5 nitrogen and oxygen atoms in total. The summed E-state index contributed by atoms with van der Waals surface area (Å²) in [6, 6.07) is 5.40. The number of thiazole rings is 1. The molecule has 1 aliphatic heterocycles. The SMILES string of the molecule is CN(C)[C@@H]1CCN(C(=O)c2csc3nc(-c4cccc(C(F)(F)F)c4)cn23)C1. The van der Waals surface area contributed by atoms with Crippen LogP contribution in [0, 0.1) is 0 Å². The van der Waals surface area contributed by atoms with Crippen molar-refractivity contribution in [1.82, 2.24) is 19.2 Å². The van der Waals surface area contributed by atoms with Crippen LogP contribution in [0.1, 0.15) is 22.5 Å². The smallest absolute Gasteiger partial charge is 0.336 e. The first kappa shape index (κ1) is 18.9. The zero-order valence-corrected chi connectivity index (χ0v) is 16.2. The second kappa shape index (κ2) is 6.89. The summed E-state index contributed by atoms with van der Waals surface area (Å²) in [5, 5.41) is 1.75. The number of amides is 1. The highest BCUT2D eigenvalue weighted by Gasteiger charge is 2.31. The predicted molar refractivity (Wildman–Crippen MR) is 102 cm³/mol. The van der Waals surface area contributed by atoms with Crippen molar-refractivity contribution in [2.45, 2.75) is 18.6 Å². The summed E-state index contributed by atoms with van der Waals surface area (Å²) in [6.07, 6.45) is -1.85. The fourth-order valence-corrected chi connectivity index (χ4v) is 4.29. The molecule has 1 amide bonds. The third kappa shape index (κ3) is 3.40. The fraction of sp³-hybridized carbons (Fsp3) is 0.368. The van der Waals surface area contributed by atoms with Crippen LogP contribution in [0.2, 0.25) is 0 Å². The highest BCUT2D eigenvalue weighted by atomic mass is 32.1. The molecule has 0 N–H and O–H groups in total. The van der Waals surface area contributed by atoms with E-state index in [9.17, 15) is 18.0 Å². The zero-order chi connectivity index (χ0) is 20.1. The lowest BCUT2D eigenvalue weighted by Crippen LogP contribution is -2.34. The van der Waals surface area contributed by atoms with Crippen LogP contribution in [0.5, 0.6) is 0 Å². The van der Waals surface area contributed by atoms with E-state index < -0.39 is 11.7 Å². The zero-order valence-electron chi connectivity index (χ0n) is 15.4. The molecular formula is C19H19F3N4OS. The lowest BCUT2D eigenvalue weighted by molar-refractivity contribution is -0.137. The maximum absolute atomic E-state index is 13.0. The summed E-state index contributed by atoms with van der Waals surface area (Å²) in [5.41, 5.74) is 0.562. The van der Waals surface area contributed by atoms with Crippen molar-refractivity contribution in [3.63, 3.8) is 0 Å². The van der Waals surface area contributed by atoms with Gasteiger partial charge in [-0.3, -0.25) is 9.20 Å². The number of carbonyl (C=O) groups is 1. The largest absolute Gasteiger partial charge is 0.416 e. The van der Waals surface area contributed by atoms with E-state index in [1.54, 1.807) is 22.0 Å². The number of fused-ring (bicyclic) bond motifs is 1. The molecule has 0 unspecified atom stereocenters. The van der Waals surface area contributed by atoms with Crippen molar-refractivity contribution >= 4 is 22.2 Å². The van der Waals surface area contributed by atoms with Crippen LogP contribution in [0.15, 0.2) is 35.8 Å². The summed E-state index contributed by atoms with van der Waals surface area (Å²) in [5.74, 6) is -0.0800. The van der Waals surface area contributed by atoms with Gasteiger partial charge in [-0.1, -0.05) is 12.1 Å². The van der Waals surface area contributed by atoms with Crippen LogP contribution < -0.4 is 0 Å². The topological polar surface area (TPSA) is 40.8 Å². The summed E-state index contributed by atoms with van der Waals surface area (Å²) in [6.45, 7) is 1.35. The van der Waals surface area contributed by atoms with Gasteiger partial charge in [0.1, 0.15) is 5.69 Å². The van der Waals surface area contributed by atoms with E-state index in [2.05, 4.69) is 9.88 Å². The molecule has 1 saturated heterocycles. The summed E-state index contributed by atoms with van der Waals surface area (Å²) in [7, 11) is 4.00. The first-order valence-corrected chi connectivity index (χ1v) is 9.72. The number of hydrogen-bond donors (Lipinski definition) is 0. The lowest BCUT2D eigenvalue weighted by atomic mass is 10.1. The van der Waals surface area contributed by atoms with E-state index in [0.29, 0.717) is 41.0 Å². The number of imidazole rings is 1. The van der Waals surface area contributed by atoms with Gasteiger partial charge in [0.25, 0.3) is 5.91 Å². The van der Waals surface area contributed by atoms with E-state index in [1.807, 2.05) is 19.0 Å². The highest BCUT2D eigenvalue weighted by Crippen LogP contribution is 2.32. The molecule has 0 radical (unpaired) electrons. The van der Waals surface area contributed by atoms with Crippen LogP contribution in [-0.4, -0.2) is 58.3 Å². The van der Waals surface area contributed by atoms with E-state index in [0.717, 1.165) is 18.6 Å². The standard InChI is InChI=1S/C19H19F3N4OS/c1-24(2)14-6-7-25(9-14)17(27)16-11-28-18-23-15(10-26(16)18)12-4-3-5-13(8-12)19(20,21)22/h3-5,8,10-11,14H,6-7,9H2,1-2H3/t14-/m1/s1. The van der Waals surface area contributed by atoms with E-state index in [1.165, 1.54) is 17.4 Å². The Bertz CT molecular complexity index is 1020. The van der Waals surface area contributed by atoms with Gasteiger partial charge < -0.3 is 9.80 Å². The van der Waals surface area contributed by atoms with Gasteiger partial charge >= 0.3 is 6.18 Å². The quantitative estimate of drug-likeness (QED) is 0.661. The Morgan fingerprint density at radius 2 is 2.11 bits per heavy atom. The number of nitrogens with zero attached hydrogens (tertiary/aromatic N) is 4. The minimum atomic E-state index is -4.41. The Morgan fingerprint density at radius 3 is 2.79 bits per heavy atom. The number of rotatable bonds is 3. The van der Waals surface area contributed by atoms with E-state index >= 15 is 0 Å². The van der Waals surface area contributed by atoms with Crippen LogP contribution >= 0.6 is 11.3 Å². The summed E-state index contributed by atoms with van der Waals surface area (Å²) >= 11 is 1.31. The van der Waals surface area contributed by atoms with Crippen molar-refractivity contribution in [2.75, 3.05) is 27.2 Å². The second-order valence-corrected chi connectivity index (χ2v) is 7.97. The molecular weight excluding hydrogens is 389 g/mol. The number of likely N-dealkylation sites (N-methyl/N-ethyl adjacent to an activating group) is 1. The molecule has 2 aromatic heterocycles. The first-order chi connectivity index (χ1) is 13.2. The second-order valence-electron chi connectivity index (χ2n) is 7.14. The molecule has 0 spiro atoms. The van der Waals surface area contributed by atoms with Crippen molar-refractivity contribution < 1.29 is 18.0 Å².